The third-order valence-electron chi connectivity index (χ3n) is 5.52. The van der Waals surface area contributed by atoms with Gasteiger partial charge in [0.1, 0.15) is 5.75 Å². The molecule has 0 radical (unpaired) electrons. The quantitative estimate of drug-likeness (QED) is 0.802. The summed E-state index contributed by atoms with van der Waals surface area (Å²) < 4.78 is 5.68. The summed E-state index contributed by atoms with van der Waals surface area (Å²) in [7, 11) is 1.99. The summed E-state index contributed by atoms with van der Waals surface area (Å²) in [5.41, 5.74) is 0. The summed E-state index contributed by atoms with van der Waals surface area (Å²) in [6, 6.07) is 10.7. The minimum absolute atomic E-state index is 0.210. The number of carbonyl (C=O) groups excluding carboxylic acids is 1. The molecule has 1 saturated heterocycles. The fourth-order valence-electron chi connectivity index (χ4n) is 4.18. The Morgan fingerprint density at radius 1 is 1.12 bits per heavy atom. The van der Waals surface area contributed by atoms with Gasteiger partial charge >= 0.3 is 0 Å². The van der Waals surface area contributed by atoms with Crippen molar-refractivity contribution in [3.8, 4) is 5.75 Å². The first kappa shape index (κ1) is 17.3. The van der Waals surface area contributed by atoms with E-state index in [0.29, 0.717) is 25.1 Å². The monoisotopic (exact) mass is 330 g/mol. The molecule has 1 aromatic rings. The SMILES string of the molecule is CN(C(=O)CCOc1ccccc1)[C@@H]1CCCC[C@H]1N1CCCC1. The molecule has 24 heavy (non-hydrogen) atoms. The average molecular weight is 330 g/mol. The van der Waals surface area contributed by atoms with Gasteiger partial charge in [-0.05, 0) is 50.9 Å². The standard InChI is InChI=1S/C20H30N2O2/c1-21(20(23)13-16-24-17-9-3-2-4-10-17)18-11-5-6-12-19(18)22-14-7-8-15-22/h2-4,9-10,18-19H,5-8,11-16H2,1H3/t18-,19-/m1/s1. The second-order valence-electron chi connectivity index (χ2n) is 7.08. The van der Waals surface area contributed by atoms with E-state index in [4.69, 9.17) is 4.74 Å². The summed E-state index contributed by atoms with van der Waals surface area (Å²) in [5.74, 6) is 1.04. The molecule has 0 unspecified atom stereocenters. The van der Waals surface area contributed by atoms with E-state index in [9.17, 15) is 4.79 Å². The molecule has 1 saturated carbocycles. The molecule has 0 aromatic heterocycles. The lowest BCUT2D eigenvalue weighted by atomic mass is 9.88. The lowest BCUT2D eigenvalue weighted by Crippen LogP contribution is -2.53. The summed E-state index contributed by atoms with van der Waals surface area (Å²) >= 11 is 0. The highest BCUT2D eigenvalue weighted by molar-refractivity contribution is 5.76. The van der Waals surface area contributed by atoms with E-state index in [-0.39, 0.29) is 5.91 Å². The Kier molecular flexibility index (Phi) is 6.13. The highest BCUT2D eigenvalue weighted by Crippen LogP contribution is 2.29. The number of hydrogen-bond donors (Lipinski definition) is 0. The van der Waals surface area contributed by atoms with Crippen molar-refractivity contribution in [1.29, 1.82) is 0 Å². The predicted octanol–water partition coefficient (Wildman–Crippen LogP) is 3.32. The highest BCUT2D eigenvalue weighted by atomic mass is 16.5. The van der Waals surface area contributed by atoms with Gasteiger partial charge in [-0.2, -0.15) is 0 Å². The summed E-state index contributed by atoms with van der Waals surface area (Å²) in [6.45, 7) is 2.87. The molecule has 4 nitrogen and oxygen atoms in total. The van der Waals surface area contributed by atoms with Gasteiger partial charge in [0.15, 0.2) is 0 Å². The van der Waals surface area contributed by atoms with Gasteiger partial charge in [-0.3, -0.25) is 9.69 Å². The summed E-state index contributed by atoms with van der Waals surface area (Å²) in [5, 5.41) is 0. The molecule has 0 spiro atoms. The average Bonchev–Trinajstić information content (AvgIpc) is 3.16. The Bertz CT molecular complexity index is 514. The van der Waals surface area contributed by atoms with Gasteiger partial charge in [-0.1, -0.05) is 31.0 Å². The first-order valence-electron chi connectivity index (χ1n) is 9.43. The third kappa shape index (κ3) is 4.29. The smallest absolute Gasteiger partial charge is 0.226 e. The number of hydrogen-bond acceptors (Lipinski definition) is 3. The minimum Gasteiger partial charge on any atom is -0.493 e. The fraction of sp³-hybridized carbons (Fsp3) is 0.650. The van der Waals surface area contributed by atoms with Crippen LogP contribution in [0.15, 0.2) is 30.3 Å². The Labute approximate surface area is 145 Å². The number of nitrogens with zero attached hydrogens (tertiary/aromatic N) is 2. The zero-order valence-electron chi connectivity index (χ0n) is 14.8. The molecule has 1 aliphatic carbocycles. The van der Waals surface area contributed by atoms with E-state index in [1.165, 1.54) is 45.2 Å². The van der Waals surface area contributed by atoms with Crippen molar-refractivity contribution in [3.05, 3.63) is 30.3 Å². The van der Waals surface area contributed by atoms with Crippen molar-refractivity contribution in [1.82, 2.24) is 9.80 Å². The van der Waals surface area contributed by atoms with Gasteiger partial charge < -0.3 is 9.64 Å². The summed E-state index contributed by atoms with van der Waals surface area (Å²) in [6.07, 6.45) is 8.00. The minimum atomic E-state index is 0.210. The van der Waals surface area contributed by atoms with Crippen LogP contribution in [0, 0.1) is 0 Å². The van der Waals surface area contributed by atoms with Crippen molar-refractivity contribution < 1.29 is 9.53 Å². The van der Waals surface area contributed by atoms with Gasteiger partial charge in [-0.15, -0.1) is 0 Å². The van der Waals surface area contributed by atoms with Crippen molar-refractivity contribution in [2.24, 2.45) is 0 Å². The second kappa shape index (κ2) is 8.52. The van der Waals surface area contributed by atoms with Crippen LogP contribution in [0.4, 0.5) is 0 Å². The first-order chi connectivity index (χ1) is 11.8. The van der Waals surface area contributed by atoms with Gasteiger partial charge in [-0.25, -0.2) is 0 Å². The molecule has 1 aliphatic heterocycles. The Morgan fingerprint density at radius 3 is 2.58 bits per heavy atom. The number of ether oxygens (including phenoxy) is 1. The Hall–Kier alpha value is -1.55. The van der Waals surface area contributed by atoms with Crippen LogP contribution in [0.1, 0.15) is 44.9 Å². The largest absolute Gasteiger partial charge is 0.493 e. The zero-order chi connectivity index (χ0) is 16.8. The molecule has 1 aromatic carbocycles. The summed E-state index contributed by atoms with van der Waals surface area (Å²) in [4.78, 5) is 17.2. The van der Waals surface area contributed by atoms with E-state index < -0.39 is 0 Å². The maximum Gasteiger partial charge on any atom is 0.226 e. The van der Waals surface area contributed by atoms with Gasteiger partial charge in [0.05, 0.1) is 13.0 Å². The number of amides is 1. The van der Waals surface area contributed by atoms with Crippen molar-refractivity contribution in [3.63, 3.8) is 0 Å². The van der Waals surface area contributed by atoms with Crippen LogP contribution in [-0.2, 0) is 4.79 Å². The fourth-order valence-corrected chi connectivity index (χ4v) is 4.18. The lowest BCUT2D eigenvalue weighted by Gasteiger charge is -2.42. The van der Waals surface area contributed by atoms with E-state index in [0.717, 1.165) is 12.2 Å². The number of benzene rings is 1. The van der Waals surface area contributed by atoms with Crippen LogP contribution in [0.5, 0.6) is 5.75 Å². The number of likely N-dealkylation sites (tertiary alicyclic amines) is 1. The molecule has 2 atom stereocenters. The highest BCUT2D eigenvalue weighted by Gasteiger charge is 2.35. The second-order valence-corrected chi connectivity index (χ2v) is 7.08. The van der Waals surface area contributed by atoms with Gasteiger partial charge in [0.2, 0.25) is 5.91 Å². The first-order valence-corrected chi connectivity index (χ1v) is 9.43. The maximum absolute atomic E-state index is 12.6. The van der Waals surface area contributed by atoms with E-state index in [1.807, 2.05) is 42.3 Å². The van der Waals surface area contributed by atoms with Crippen molar-refractivity contribution >= 4 is 5.91 Å². The van der Waals surface area contributed by atoms with Crippen LogP contribution >= 0.6 is 0 Å². The number of rotatable bonds is 6. The van der Waals surface area contributed by atoms with Crippen molar-refractivity contribution in [2.75, 3.05) is 26.7 Å². The Morgan fingerprint density at radius 2 is 1.83 bits per heavy atom. The molecule has 1 heterocycles. The molecule has 0 N–H and O–H groups in total. The topological polar surface area (TPSA) is 32.8 Å². The van der Waals surface area contributed by atoms with Gasteiger partial charge in [0, 0.05) is 19.1 Å². The maximum atomic E-state index is 12.6. The number of likely N-dealkylation sites (N-methyl/N-ethyl adjacent to an activating group) is 1. The molecule has 1 amide bonds. The van der Waals surface area contributed by atoms with E-state index in [2.05, 4.69) is 4.90 Å². The molecule has 4 heteroatoms. The van der Waals surface area contributed by atoms with E-state index >= 15 is 0 Å². The molecular weight excluding hydrogens is 300 g/mol. The molecule has 3 rings (SSSR count). The third-order valence-corrected chi connectivity index (χ3v) is 5.52. The predicted molar refractivity (Wildman–Crippen MR) is 96.2 cm³/mol. The van der Waals surface area contributed by atoms with E-state index in [1.54, 1.807) is 0 Å². The normalized spacial score (nSPS) is 24.7. The molecule has 2 fully saturated rings. The van der Waals surface area contributed by atoms with Crippen LogP contribution in [0.2, 0.25) is 0 Å². The molecule has 132 valence electrons. The van der Waals surface area contributed by atoms with Crippen LogP contribution in [-0.4, -0.2) is 54.5 Å². The van der Waals surface area contributed by atoms with Gasteiger partial charge in [0.25, 0.3) is 0 Å². The van der Waals surface area contributed by atoms with Crippen LogP contribution in [0.25, 0.3) is 0 Å². The molecular formula is C20H30N2O2. The Balaban J connectivity index is 1.51. The molecule has 2 aliphatic rings. The van der Waals surface area contributed by atoms with Crippen LogP contribution in [0.3, 0.4) is 0 Å². The zero-order valence-corrected chi connectivity index (χ0v) is 14.8. The van der Waals surface area contributed by atoms with Crippen LogP contribution < -0.4 is 4.74 Å². The van der Waals surface area contributed by atoms with Crippen molar-refractivity contribution in [2.45, 2.75) is 57.0 Å². The lowest BCUT2D eigenvalue weighted by molar-refractivity contribution is -0.134. The molecule has 0 bridgehead atoms. The number of para-hydroxylation sites is 1. The number of carbonyl (C=O) groups is 1.